The first-order valence-electron chi connectivity index (χ1n) is 8.27. The van der Waals surface area contributed by atoms with E-state index in [9.17, 15) is 14.4 Å². The molecule has 0 aromatic heterocycles. The van der Waals surface area contributed by atoms with E-state index in [2.05, 4.69) is 10.6 Å². The molecule has 132 valence electrons. The first-order chi connectivity index (χ1) is 12.0. The second-order valence-corrected chi connectivity index (χ2v) is 6.76. The topological polar surface area (TPSA) is 97.0 Å². The van der Waals surface area contributed by atoms with Crippen LogP contribution in [0, 0.1) is 5.92 Å². The highest BCUT2D eigenvalue weighted by molar-refractivity contribution is 6.09. The number of urea groups is 1. The van der Waals surface area contributed by atoms with Crippen molar-refractivity contribution in [1.82, 2.24) is 15.5 Å². The molecule has 2 fully saturated rings. The van der Waals surface area contributed by atoms with Gasteiger partial charge in [-0.05, 0) is 43.4 Å². The van der Waals surface area contributed by atoms with E-state index in [1.807, 2.05) is 6.07 Å². The molecule has 1 aromatic carbocycles. The zero-order valence-corrected chi connectivity index (χ0v) is 13.8. The Bertz CT molecular complexity index is 761. The van der Waals surface area contributed by atoms with Crippen molar-refractivity contribution in [2.24, 2.45) is 5.92 Å². The minimum atomic E-state index is -0.866. The Balaban J connectivity index is 1.34. The molecule has 8 nitrogen and oxygen atoms in total. The van der Waals surface area contributed by atoms with E-state index in [4.69, 9.17) is 9.47 Å². The summed E-state index contributed by atoms with van der Waals surface area (Å²) in [5.41, 5.74) is -0.0214. The molecule has 1 saturated heterocycles. The number of nitrogens with zero attached hydrogens (tertiary/aromatic N) is 1. The third-order valence-electron chi connectivity index (χ3n) is 4.92. The third-order valence-corrected chi connectivity index (χ3v) is 4.92. The van der Waals surface area contributed by atoms with Gasteiger partial charge in [0.15, 0.2) is 11.5 Å². The minimum absolute atomic E-state index is 0.172. The summed E-state index contributed by atoms with van der Waals surface area (Å²) in [6, 6.07) is 4.90. The fraction of sp³-hybridized carbons (Fsp3) is 0.471. The molecule has 0 spiro atoms. The van der Waals surface area contributed by atoms with Crippen molar-refractivity contribution >= 4 is 17.8 Å². The number of amides is 4. The summed E-state index contributed by atoms with van der Waals surface area (Å²) in [4.78, 5) is 37.7. The highest BCUT2D eigenvalue weighted by Crippen LogP contribution is 2.42. The predicted molar refractivity (Wildman–Crippen MR) is 85.8 cm³/mol. The molecule has 1 saturated carbocycles. The maximum Gasteiger partial charge on any atom is 0.325 e. The van der Waals surface area contributed by atoms with Gasteiger partial charge in [-0.25, -0.2) is 4.79 Å². The molecule has 25 heavy (non-hydrogen) atoms. The van der Waals surface area contributed by atoms with Crippen LogP contribution in [0.5, 0.6) is 11.5 Å². The van der Waals surface area contributed by atoms with Crippen LogP contribution in [0.25, 0.3) is 0 Å². The zero-order valence-electron chi connectivity index (χ0n) is 13.8. The smallest absolute Gasteiger partial charge is 0.325 e. The Kier molecular flexibility index (Phi) is 3.55. The predicted octanol–water partition coefficient (Wildman–Crippen LogP) is 0.752. The monoisotopic (exact) mass is 345 g/mol. The largest absolute Gasteiger partial charge is 0.454 e. The molecular weight excluding hydrogens is 326 g/mol. The number of carbonyl (C=O) groups is 3. The average molecular weight is 345 g/mol. The van der Waals surface area contributed by atoms with Crippen LogP contribution in [0.4, 0.5) is 4.79 Å². The molecule has 2 aliphatic heterocycles. The number of carbonyl (C=O) groups excluding carboxylic acids is 3. The summed E-state index contributed by atoms with van der Waals surface area (Å²) in [5.74, 6) is 0.778. The minimum Gasteiger partial charge on any atom is -0.454 e. The molecule has 2 heterocycles. The highest BCUT2D eigenvalue weighted by Gasteiger charge is 2.56. The molecule has 3 aliphatic rings. The summed E-state index contributed by atoms with van der Waals surface area (Å²) in [6.45, 7) is 1.92. The van der Waals surface area contributed by atoms with E-state index in [0.29, 0.717) is 11.5 Å². The van der Waals surface area contributed by atoms with E-state index in [1.54, 1.807) is 19.1 Å². The summed E-state index contributed by atoms with van der Waals surface area (Å²) in [7, 11) is 0. The summed E-state index contributed by atoms with van der Waals surface area (Å²) < 4.78 is 10.5. The molecular formula is C17H19N3O5. The van der Waals surface area contributed by atoms with E-state index in [0.717, 1.165) is 23.3 Å². The lowest BCUT2D eigenvalue weighted by Crippen LogP contribution is -2.46. The lowest BCUT2D eigenvalue weighted by molar-refractivity contribution is -0.135. The molecule has 4 amide bonds. The SMILES string of the molecule is C[C@@]1(C2CC2)NC(=O)N(CC(=O)NCc2ccc3c(c2)OCO3)C1=O. The summed E-state index contributed by atoms with van der Waals surface area (Å²) in [6.07, 6.45) is 1.85. The second kappa shape index (κ2) is 5.65. The summed E-state index contributed by atoms with van der Waals surface area (Å²) in [5, 5.41) is 5.45. The standard InChI is InChI=1S/C17H19N3O5/c1-17(11-3-4-11)15(22)20(16(23)19-17)8-14(21)18-7-10-2-5-12-13(6-10)25-9-24-12/h2,5-6,11H,3-4,7-9H2,1H3,(H,18,21)(H,19,23)/t17-/m0/s1. The zero-order chi connectivity index (χ0) is 17.6. The van der Waals surface area contributed by atoms with Gasteiger partial charge in [0, 0.05) is 6.54 Å². The molecule has 4 rings (SSSR count). The first kappa shape index (κ1) is 15.7. The fourth-order valence-corrected chi connectivity index (χ4v) is 3.25. The van der Waals surface area contributed by atoms with Crippen LogP contribution in [0.1, 0.15) is 25.3 Å². The van der Waals surface area contributed by atoms with Crippen LogP contribution >= 0.6 is 0 Å². The van der Waals surface area contributed by atoms with Gasteiger partial charge >= 0.3 is 6.03 Å². The van der Waals surface area contributed by atoms with Crippen molar-refractivity contribution in [1.29, 1.82) is 0 Å². The number of benzene rings is 1. The Morgan fingerprint density at radius 1 is 1.32 bits per heavy atom. The summed E-state index contributed by atoms with van der Waals surface area (Å²) >= 11 is 0. The van der Waals surface area contributed by atoms with Crippen LogP contribution in [0.3, 0.4) is 0 Å². The molecule has 1 aliphatic carbocycles. The van der Waals surface area contributed by atoms with Crippen molar-refractivity contribution < 1.29 is 23.9 Å². The van der Waals surface area contributed by atoms with Gasteiger partial charge < -0.3 is 20.1 Å². The van der Waals surface area contributed by atoms with Gasteiger partial charge in [-0.15, -0.1) is 0 Å². The van der Waals surface area contributed by atoms with Gasteiger partial charge in [0.25, 0.3) is 5.91 Å². The molecule has 1 aromatic rings. The van der Waals surface area contributed by atoms with Gasteiger partial charge in [-0.1, -0.05) is 6.07 Å². The van der Waals surface area contributed by atoms with Crippen molar-refractivity contribution in [3.63, 3.8) is 0 Å². The van der Waals surface area contributed by atoms with Crippen molar-refractivity contribution in [2.45, 2.75) is 31.8 Å². The number of imide groups is 1. The maximum absolute atomic E-state index is 12.5. The van der Waals surface area contributed by atoms with Crippen LogP contribution in [0.2, 0.25) is 0 Å². The molecule has 0 radical (unpaired) electrons. The van der Waals surface area contributed by atoms with Crippen molar-refractivity contribution in [3.05, 3.63) is 23.8 Å². The Hall–Kier alpha value is -2.77. The van der Waals surface area contributed by atoms with Crippen LogP contribution in [-0.4, -0.2) is 41.6 Å². The number of hydrogen-bond acceptors (Lipinski definition) is 5. The van der Waals surface area contributed by atoms with Gasteiger partial charge in [-0.3, -0.25) is 14.5 Å². The van der Waals surface area contributed by atoms with Gasteiger partial charge in [-0.2, -0.15) is 0 Å². The Morgan fingerprint density at radius 3 is 2.84 bits per heavy atom. The highest BCUT2D eigenvalue weighted by atomic mass is 16.7. The fourth-order valence-electron chi connectivity index (χ4n) is 3.25. The molecule has 2 N–H and O–H groups in total. The van der Waals surface area contributed by atoms with Gasteiger partial charge in [0.2, 0.25) is 12.7 Å². The van der Waals surface area contributed by atoms with Gasteiger partial charge in [0.05, 0.1) is 0 Å². The molecule has 1 atom stereocenters. The lowest BCUT2D eigenvalue weighted by Gasteiger charge is -2.20. The van der Waals surface area contributed by atoms with Crippen LogP contribution in [0.15, 0.2) is 18.2 Å². The molecule has 0 unspecified atom stereocenters. The Morgan fingerprint density at radius 2 is 2.08 bits per heavy atom. The second-order valence-electron chi connectivity index (χ2n) is 6.76. The lowest BCUT2D eigenvalue weighted by atomic mass is 9.96. The van der Waals surface area contributed by atoms with Gasteiger partial charge in [0.1, 0.15) is 12.1 Å². The number of fused-ring (bicyclic) bond motifs is 1. The number of nitrogens with one attached hydrogen (secondary N) is 2. The maximum atomic E-state index is 12.5. The molecule has 8 heteroatoms. The van der Waals surface area contributed by atoms with Crippen LogP contribution in [-0.2, 0) is 16.1 Å². The van der Waals surface area contributed by atoms with E-state index < -0.39 is 11.6 Å². The number of rotatable bonds is 5. The number of ether oxygens (including phenoxy) is 2. The van der Waals surface area contributed by atoms with Crippen LogP contribution < -0.4 is 20.1 Å². The average Bonchev–Trinajstić information content (AvgIpc) is 3.31. The Labute approximate surface area is 144 Å². The van der Waals surface area contributed by atoms with Crippen molar-refractivity contribution in [3.8, 4) is 11.5 Å². The molecule has 0 bridgehead atoms. The van der Waals surface area contributed by atoms with E-state index in [-0.39, 0.29) is 37.6 Å². The first-order valence-corrected chi connectivity index (χ1v) is 8.27. The van der Waals surface area contributed by atoms with E-state index in [1.165, 1.54) is 0 Å². The number of hydrogen-bond donors (Lipinski definition) is 2. The third kappa shape index (κ3) is 2.77. The normalized spacial score (nSPS) is 24.4. The van der Waals surface area contributed by atoms with E-state index >= 15 is 0 Å². The quantitative estimate of drug-likeness (QED) is 0.768. The van der Waals surface area contributed by atoms with Crippen molar-refractivity contribution in [2.75, 3.05) is 13.3 Å².